The molecular weight excluding hydrogens is 208 g/mol. The van der Waals surface area contributed by atoms with Gasteiger partial charge in [-0.25, -0.2) is 0 Å². The molecule has 1 heterocycles. The SMILES string of the molecule is c1ccc2c(c1)ccc1cc3occc3cc12. The van der Waals surface area contributed by atoms with Gasteiger partial charge in [-0.1, -0.05) is 36.4 Å². The summed E-state index contributed by atoms with van der Waals surface area (Å²) in [4.78, 5) is 0. The molecule has 0 aliphatic carbocycles. The number of benzene rings is 3. The van der Waals surface area contributed by atoms with Crippen molar-refractivity contribution in [1.82, 2.24) is 0 Å². The molecule has 0 fully saturated rings. The lowest BCUT2D eigenvalue weighted by atomic mass is 10.0. The van der Waals surface area contributed by atoms with Gasteiger partial charge in [-0.05, 0) is 39.7 Å². The average molecular weight is 218 g/mol. The molecule has 0 unspecified atom stereocenters. The Kier molecular flexibility index (Phi) is 1.61. The van der Waals surface area contributed by atoms with E-state index in [0.717, 1.165) is 11.0 Å². The van der Waals surface area contributed by atoms with Gasteiger partial charge in [0.1, 0.15) is 5.58 Å². The first-order valence-electron chi connectivity index (χ1n) is 5.70. The Labute approximate surface area is 98.3 Å². The third-order valence-corrected chi connectivity index (χ3v) is 3.32. The summed E-state index contributed by atoms with van der Waals surface area (Å²) < 4.78 is 5.44. The minimum Gasteiger partial charge on any atom is -0.464 e. The first-order valence-corrected chi connectivity index (χ1v) is 5.70. The zero-order chi connectivity index (χ0) is 11.2. The van der Waals surface area contributed by atoms with Crippen LogP contribution in [0.2, 0.25) is 0 Å². The fourth-order valence-electron chi connectivity index (χ4n) is 2.46. The van der Waals surface area contributed by atoms with Crippen molar-refractivity contribution in [3.05, 3.63) is 60.9 Å². The molecular formula is C16H10O. The van der Waals surface area contributed by atoms with E-state index in [0.29, 0.717) is 0 Å². The van der Waals surface area contributed by atoms with Crippen LogP contribution in [0.25, 0.3) is 32.5 Å². The molecule has 17 heavy (non-hydrogen) atoms. The second-order valence-electron chi connectivity index (χ2n) is 4.32. The molecule has 0 saturated heterocycles. The number of hydrogen-bond donors (Lipinski definition) is 0. The van der Waals surface area contributed by atoms with Gasteiger partial charge in [0.15, 0.2) is 0 Å². The summed E-state index contributed by atoms with van der Waals surface area (Å²) in [5.74, 6) is 0. The van der Waals surface area contributed by atoms with Crippen molar-refractivity contribution < 1.29 is 4.42 Å². The first-order chi connectivity index (χ1) is 8.42. The van der Waals surface area contributed by atoms with Crippen LogP contribution in [0.3, 0.4) is 0 Å². The lowest BCUT2D eigenvalue weighted by Crippen LogP contribution is -1.77. The molecule has 0 saturated carbocycles. The van der Waals surface area contributed by atoms with Crippen LogP contribution in [0.5, 0.6) is 0 Å². The van der Waals surface area contributed by atoms with Gasteiger partial charge in [0, 0.05) is 5.39 Å². The van der Waals surface area contributed by atoms with Gasteiger partial charge in [0.2, 0.25) is 0 Å². The number of hydrogen-bond acceptors (Lipinski definition) is 1. The smallest absolute Gasteiger partial charge is 0.134 e. The molecule has 0 spiro atoms. The van der Waals surface area contributed by atoms with E-state index in [4.69, 9.17) is 4.42 Å². The molecule has 0 aliphatic heterocycles. The predicted octanol–water partition coefficient (Wildman–Crippen LogP) is 4.74. The van der Waals surface area contributed by atoms with Crippen molar-refractivity contribution in [2.75, 3.05) is 0 Å². The maximum absolute atomic E-state index is 5.44. The van der Waals surface area contributed by atoms with Crippen LogP contribution in [0.15, 0.2) is 65.3 Å². The summed E-state index contributed by atoms with van der Waals surface area (Å²) in [6.07, 6.45) is 1.74. The third-order valence-electron chi connectivity index (χ3n) is 3.32. The van der Waals surface area contributed by atoms with Crippen LogP contribution in [0, 0.1) is 0 Å². The molecule has 0 N–H and O–H groups in total. The maximum atomic E-state index is 5.44. The van der Waals surface area contributed by atoms with Crippen molar-refractivity contribution in [2.45, 2.75) is 0 Å². The first kappa shape index (κ1) is 8.82. The molecule has 4 rings (SSSR count). The lowest BCUT2D eigenvalue weighted by Gasteiger charge is -2.03. The minimum absolute atomic E-state index is 0.952. The van der Waals surface area contributed by atoms with Gasteiger partial charge in [0.25, 0.3) is 0 Å². The van der Waals surface area contributed by atoms with E-state index in [9.17, 15) is 0 Å². The zero-order valence-corrected chi connectivity index (χ0v) is 9.18. The minimum atomic E-state index is 0.952. The molecule has 1 heteroatoms. The monoisotopic (exact) mass is 218 g/mol. The molecule has 0 amide bonds. The molecule has 0 bridgehead atoms. The van der Waals surface area contributed by atoms with Gasteiger partial charge >= 0.3 is 0 Å². The van der Waals surface area contributed by atoms with E-state index in [2.05, 4.69) is 48.5 Å². The van der Waals surface area contributed by atoms with Crippen molar-refractivity contribution in [1.29, 1.82) is 0 Å². The van der Waals surface area contributed by atoms with E-state index in [-0.39, 0.29) is 0 Å². The fraction of sp³-hybridized carbons (Fsp3) is 0. The Morgan fingerprint density at radius 1 is 0.647 bits per heavy atom. The van der Waals surface area contributed by atoms with Gasteiger partial charge in [-0.2, -0.15) is 0 Å². The Morgan fingerprint density at radius 3 is 2.53 bits per heavy atom. The molecule has 4 aromatic rings. The van der Waals surface area contributed by atoms with Crippen LogP contribution in [-0.2, 0) is 0 Å². The van der Waals surface area contributed by atoms with Gasteiger partial charge in [-0.15, -0.1) is 0 Å². The van der Waals surface area contributed by atoms with Crippen molar-refractivity contribution >= 4 is 32.5 Å². The highest BCUT2D eigenvalue weighted by atomic mass is 16.3. The van der Waals surface area contributed by atoms with Gasteiger partial charge < -0.3 is 4.42 Å². The molecule has 1 aromatic heterocycles. The summed E-state index contributed by atoms with van der Waals surface area (Å²) in [5, 5.41) is 6.26. The maximum Gasteiger partial charge on any atom is 0.134 e. The van der Waals surface area contributed by atoms with Crippen molar-refractivity contribution in [3.63, 3.8) is 0 Å². The van der Waals surface area contributed by atoms with E-state index in [1.807, 2.05) is 6.07 Å². The van der Waals surface area contributed by atoms with Crippen LogP contribution in [0.1, 0.15) is 0 Å². The molecule has 3 aromatic carbocycles. The average Bonchev–Trinajstić information content (AvgIpc) is 2.83. The van der Waals surface area contributed by atoms with E-state index < -0.39 is 0 Å². The summed E-state index contributed by atoms with van der Waals surface area (Å²) in [6.45, 7) is 0. The van der Waals surface area contributed by atoms with E-state index in [1.165, 1.54) is 21.5 Å². The Balaban J connectivity index is 2.30. The standard InChI is InChI=1S/C16H10O/c1-2-4-14-11(3-1)5-6-12-10-16-13(7-8-17-16)9-15(12)14/h1-10H. The molecule has 0 atom stereocenters. The Bertz CT molecular complexity index is 840. The summed E-state index contributed by atoms with van der Waals surface area (Å²) in [5.41, 5.74) is 0.952. The molecule has 0 radical (unpaired) electrons. The highest BCUT2D eigenvalue weighted by Crippen LogP contribution is 2.29. The topological polar surface area (TPSA) is 13.1 Å². The van der Waals surface area contributed by atoms with Crippen LogP contribution in [0.4, 0.5) is 0 Å². The largest absolute Gasteiger partial charge is 0.464 e. The number of fused-ring (bicyclic) bond motifs is 4. The van der Waals surface area contributed by atoms with Crippen LogP contribution >= 0.6 is 0 Å². The predicted molar refractivity (Wildman–Crippen MR) is 71.2 cm³/mol. The van der Waals surface area contributed by atoms with E-state index in [1.54, 1.807) is 6.26 Å². The quantitative estimate of drug-likeness (QED) is 0.388. The van der Waals surface area contributed by atoms with Gasteiger partial charge in [0.05, 0.1) is 6.26 Å². The Morgan fingerprint density at radius 2 is 1.53 bits per heavy atom. The van der Waals surface area contributed by atoms with Crippen LogP contribution < -0.4 is 0 Å². The van der Waals surface area contributed by atoms with Crippen molar-refractivity contribution in [2.24, 2.45) is 0 Å². The highest BCUT2D eigenvalue weighted by Gasteiger charge is 2.03. The highest BCUT2D eigenvalue weighted by molar-refractivity contribution is 6.11. The number of rotatable bonds is 0. The zero-order valence-electron chi connectivity index (χ0n) is 9.18. The molecule has 80 valence electrons. The molecule has 0 aliphatic rings. The summed E-state index contributed by atoms with van der Waals surface area (Å²) >= 11 is 0. The second kappa shape index (κ2) is 3.11. The normalized spacial score (nSPS) is 11.5. The summed E-state index contributed by atoms with van der Waals surface area (Å²) in [7, 11) is 0. The lowest BCUT2D eigenvalue weighted by molar-refractivity contribution is 0.616. The van der Waals surface area contributed by atoms with Crippen LogP contribution in [-0.4, -0.2) is 0 Å². The summed E-state index contributed by atoms with van der Waals surface area (Å²) in [6, 6.07) is 19.1. The third kappa shape index (κ3) is 1.19. The Hall–Kier alpha value is -2.28. The molecule has 1 nitrogen and oxygen atoms in total. The second-order valence-corrected chi connectivity index (χ2v) is 4.32. The van der Waals surface area contributed by atoms with Gasteiger partial charge in [-0.3, -0.25) is 0 Å². The fourth-order valence-corrected chi connectivity index (χ4v) is 2.46. The van der Waals surface area contributed by atoms with Crippen molar-refractivity contribution in [3.8, 4) is 0 Å². The number of furan rings is 1. The van der Waals surface area contributed by atoms with E-state index >= 15 is 0 Å².